The summed E-state index contributed by atoms with van der Waals surface area (Å²) >= 11 is 0. The Hall–Kier alpha value is -4.15. The summed E-state index contributed by atoms with van der Waals surface area (Å²) in [6, 6.07) is 30.2. The van der Waals surface area contributed by atoms with E-state index in [1.54, 1.807) is 78.9 Å². The van der Waals surface area contributed by atoms with Gasteiger partial charge in [0.1, 0.15) is 6.54 Å². The topological polar surface area (TPSA) is 113 Å². The van der Waals surface area contributed by atoms with Crippen molar-refractivity contribution >= 4 is 43.0 Å². The maximum Gasteiger partial charge on any atom is 0.264 e. The summed E-state index contributed by atoms with van der Waals surface area (Å²) < 4.78 is 55.3. The van der Waals surface area contributed by atoms with Crippen LogP contribution in [0.25, 0.3) is 0 Å². The summed E-state index contributed by atoms with van der Waals surface area (Å²) in [5, 5.41) is 2.63. The van der Waals surface area contributed by atoms with Gasteiger partial charge in [-0.2, -0.15) is 0 Å². The molecule has 36 heavy (non-hydrogen) atoms. The largest absolute Gasteiger partial charge is 0.325 e. The summed E-state index contributed by atoms with van der Waals surface area (Å²) in [6.07, 6.45) is 0. The second kappa shape index (κ2) is 10.6. The van der Waals surface area contributed by atoms with Gasteiger partial charge in [-0.05, 0) is 60.7 Å². The van der Waals surface area contributed by atoms with Crippen LogP contribution in [0.1, 0.15) is 0 Å². The molecule has 1 amide bonds. The third-order valence-corrected chi connectivity index (χ3v) is 8.32. The molecular weight excluding hydrogens is 498 g/mol. The lowest BCUT2D eigenvalue weighted by Crippen LogP contribution is -2.38. The first-order chi connectivity index (χ1) is 17.3. The molecule has 0 atom stereocenters. The molecule has 0 saturated carbocycles. The zero-order chi connectivity index (χ0) is 25.6. The number of anilines is 3. The zero-order valence-electron chi connectivity index (χ0n) is 19.0. The molecule has 0 fully saturated rings. The van der Waals surface area contributed by atoms with Crippen LogP contribution in [0, 0.1) is 0 Å². The Balaban J connectivity index is 1.51. The van der Waals surface area contributed by atoms with E-state index in [1.165, 1.54) is 36.4 Å². The number of amides is 1. The van der Waals surface area contributed by atoms with Crippen LogP contribution < -0.4 is 14.3 Å². The molecule has 0 heterocycles. The Morgan fingerprint density at radius 3 is 1.72 bits per heavy atom. The van der Waals surface area contributed by atoms with Crippen LogP contribution in [-0.4, -0.2) is 29.3 Å². The van der Waals surface area contributed by atoms with E-state index in [4.69, 9.17) is 0 Å². The maximum atomic E-state index is 13.3. The van der Waals surface area contributed by atoms with E-state index in [9.17, 15) is 21.6 Å². The lowest BCUT2D eigenvalue weighted by Gasteiger charge is -2.24. The smallest absolute Gasteiger partial charge is 0.264 e. The normalized spacial score (nSPS) is 11.4. The molecule has 0 aliphatic carbocycles. The van der Waals surface area contributed by atoms with Crippen molar-refractivity contribution in [2.24, 2.45) is 0 Å². The van der Waals surface area contributed by atoms with Crippen LogP contribution in [0.3, 0.4) is 0 Å². The third-order valence-electron chi connectivity index (χ3n) is 5.14. The van der Waals surface area contributed by atoms with Crippen molar-refractivity contribution in [1.29, 1.82) is 0 Å². The molecule has 2 N–H and O–H groups in total. The second-order valence-corrected chi connectivity index (χ2v) is 11.2. The van der Waals surface area contributed by atoms with Gasteiger partial charge in [0.25, 0.3) is 20.0 Å². The number of para-hydroxylation sites is 2. The van der Waals surface area contributed by atoms with Gasteiger partial charge in [-0.25, -0.2) is 16.8 Å². The minimum atomic E-state index is -4.01. The first-order valence-corrected chi connectivity index (χ1v) is 13.8. The highest BCUT2D eigenvalue weighted by Gasteiger charge is 2.27. The predicted octanol–water partition coefficient (Wildman–Crippen LogP) is 4.32. The van der Waals surface area contributed by atoms with E-state index in [-0.39, 0.29) is 9.79 Å². The van der Waals surface area contributed by atoms with Crippen molar-refractivity contribution in [3.05, 3.63) is 115 Å². The van der Waals surface area contributed by atoms with Crippen molar-refractivity contribution in [3.8, 4) is 0 Å². The highest BCUT2D eigenvalue weighted by atomic mass is 32.2. The van der Waals surface area contributed by atoms with E-state index in [2.05, 4.69) is 10.0 Å². The molecule has 0 saturated heterocycles. The van der Waals surface area contributed by atoms with Crippen molar-refractivity contribution in [1.82, 2.24) is 0 Å². The summed E-state index contributed by atoms with van der Waals surface area (Å²) in [4.78, 5) is 12.9. The van der Waals surface area contributed by atoms with Gasteiger partial charge in [0.15, 0.2) is 0 Å². The van der Waals surface area contributed by atoms with E-state index < -0.39 is 32.5 Å². The number of hydrogen-bond donors (Lipinski definition) is 2. The number of rotatable bonds is 9. The number of nitrogens with zero attached hydrogens (tertiary/aromatic N) is 1. The van der Waals surface area contributed by atoms with Crippen molar-refractivity contribution < 1.29 is 21.6 Å². The highest BCUT2D eigenvalue weighted by Crippen LogP contribution is 2.24. The molecule has 0 aliphatic heterocycles. The Kier molecular flexibility index (Phi) is 7.37. The molecule has 4 rings (SSSR count). The Labute approximate surface area is 210 Å². The first-order valence-electron chi connectivity index (χ1n) is 10.9. The first kappa shape index (κ1) is 25.0. The summed E-state index contributed by atoms with van der Waals surface area (Å²) in [5.74, 6) is -0.587. The van der Waals surface area contributed by atoms with Crippen LogP contribution in [0.5, 0.6) is 0 Å². The van der Waals surface area contributed by atoms with Crippen LogP contribution in [0.15, 0.2) is 125 Å². The maximum absolute atomic E-state index is 13.3. The number of benzene rings is 4. The molecule has 0 bridgehead atoms. The molecule has 4 aromatic carbocycles. The molecule has 0 radical (unpaired) electrons. The second-order valence-electron chi connectivity index (χ2n) is 7.70. The number of carbonyl (C=O) groups excluding carboxylic acids is 1. The Bertz CT molecular complexity index is 1530. The third kappa shape index (κ3) is 5.91. The molecule has 0 aromatic heterocycles. The van der Waals surface area contributed by atoms with Gasteiger partial charge in [0.05, 0.1) is 15.5 Å². The summed E-state index contributed by atoms with van der Waals surface area (Å²) in [7, 11) is -7.83. The fraction of sp³-hybridized carbons (Fsp3) is 0.0385. The predicted molar refractivity (Wildman–Crippen MR) is 140 cm³/mol. The van der Waals surface area contributed by atoms with Gasteiger partial charge in [-0.1, -0.05) is 54.6 Å². The number of hydrogen-bond acceptors (Lipinski definition) is 5. The lowest BCUT2D eigenvalue weighted by atomic mass is 10.3. The van der Waals surface area contributed by atoms with Gasteiger partial charge in [0, 0.05) is 11.4 Å². The van der Waals surface area contributed by atoms with Crippen LogP contribution >= 0.6 is 0 Å². The lowest BCUT2D eigenvalue weighted by molar-refractivity contribution is -0.114. The van der Waals surface area contributed by atoms with E-state index in [0.717, 1.165) is 4.31 Å². The number of carbonyl (C=O) groups is 1. The highest BCUT2D eigenvalue weighted by molar-refractivity contribution is 7.93. The monoisotopic (exact) mass is 521 g/mol. The average Bonchev–Trinajstić information content (AvgIpc) is 2.89. The van der Waals surface area contributed by atoms with Crippen LogP contribution in [0.4, 0.5) is 17.1 Å². The fourth-order valence-corrected chi connectivity index (χ4v) is 5.90. The van der Waals surface area contributed by atoms with E-state index >= 15 is 0 Å². The summed E-state index contributed by atoms with van der Waals surface area (Å²) in [6.45, 7) is -0.475. The van der Waals surface area contributed by atoms with E-state index in [0.29, 0.717) is 17.1 Å². The Morgan fingerprint density at radius 2 is 1.14 bits per heavy atom. The number of sulfonamides is 2. The van der Waals surface area contributed by atoms with Gasteiger partial charge in [0.2, 0.25) is 5.91 Å². The molecule has 0 aliphatic rings. The summed E-state index contributed by atoms with van der Waals surface area (Å²) in [5.41, 5.74) is 1.09. The minimum absolute atomic E-state index is 0.0157. The fourth-order valence-electron chi connectivity index (χ4n) is 3.40. The molecule has 4 aromatic rings. The molecule has 0 unspecified atom stereocenters. The van der Waals surface area contributed by atoms with Crippen molar-refractivity contribution in [3.63, 3.8) is 0 Å². The van der Waals surface area contributed by atoms with Crippen LogP contribution in [-0.2, 0) is 24.8 Å². The zero-order valence-corrected chi connectivity index (χ0v) is 20.6. The molecule has 10 heteroatoms. The van der Waals surface area contributed by atoms with Crippen molar-refractivity contribution in [2.45, 2.75) is 9.79 Å². The standard InChI is InChI=1S/C26H23N3O5S2/c30-26(20-29(23-12-6-2-7-13-23)36(33,34)25-14-8-3-9-15-25)27-21-16-18-24(19-17-21)35(31,32)28-22-10-4-1-5-11-22/h1-19,28H,20H2,(H,27,30). The minimum Gasteiger partial charge on any atom is -0.325 e. The molecule has 0 spiro atoms. The van der Waals surface area contributed by atoms with Gasteiger partial charge >= 0.3 is 0 Å². The quantitative estimate of drug-likeness (QED) is 0.341. The van der Waals surface area contributed by atoms with Crippen molar-refractivity contribution in [2.75, 3.05) is 20.9 Å². The average molecular weight is 522 g/mol. The molecule has 184 valence electrons. The molecule has 8 nitrogen and oxygen atoms in total. The van der Waals surface area contributed by atoms with Gasteiger partial charge in [-0.3, -0.25) is 13.8 Å². The van der Waals surface area contributed by atoms with Gasteiger partial charge < -0.3 is 5.32 Å². The van der Waals surface area contributed by atoms with Gasteiger partial charge in [-0.15, -0.1) is 0 Å². The Morgan fingerprint density at radius 1 is 0.611 bits per heavy atom. The SMILES string of the molecule is O=C(CN(c1ccccc1)S(=O)(=O)c1ccccc1)Nc1ccc(S(=O)(=O)Nc2ccccc2)cc1. The van der Waals surface area contributed by atoms with Crippen LogP contribution in [0.2, 0.25) is 0 Å². The van der Waals surface area contributed by atoms with E-state index in [1.807, 2.05) is 0 Å². The number of nitrogens with one attached hydrogen (secondary N) is 2. The molecular formula is C26H23N3O5S2.